The van der Waals surface area contributed by atoms with Crippen molar-refractivity contribution in [2.24, 2.45) is 7.05 Å². The van der Waals surface area contributed by atoms with Gasteiger partial charge in [0.1, 0.15) is 5.82 Å². The first-order valence-electron chi connectivity index (χ1n) is 12.1. The van der Waals surface area contributed by atoms with Crippen LogP contribution in [0.3, 0.4) is 0 Å². The van der Waals surface area contributed by atoms with Crippen LogP contribution in [0, 0.1) is 6.92 Å². The number of anilines is 1. The minimum absolute atomic E-state index is 0.0125. The minimum Gasteiger partial charge on any atom is -0.465 e. The van der Waals surface area contributed by atoms with Crippen LogP contribution in [0.4, 0.5) is 14.5 Å². The number of esters is 1. The largest absolute Gasteiger partial charge is 0.465 e. The van der Waals surface area contributed by atoms with E-state index in [1.54, 1.807) is 28.6 Å². The van der Waals surface area contributed by atoms with Gasteiger partial charge in [-0.15, -0.1) is 0 Å². The number of likely N-dealkylation sites (tertiary alicyclic amines) is 1. The van der Waals surface area contributed by atoms with Gasteiger partial charge in [0.15, 0.2) is 0 Å². The van der Waals surface area contributed by atoms with E-state index in [0.717, 1.165) is 11.1 Å². The van der Waals surface area contributed by atoms with Crippen LogP contribution in [0.2, 0.25) is 0 Å². The Labute approximate surface area is 209 Å². The second-order valence-electron chi connectivity index (χ2n) is 9.45. The zero-order valence-corrected chi connectivity index (χ0v) is 21.1. The van der Waals surface area contributed by atoms with Gasteiger partial charge < -0.3 is 10.1 Å². The molecule has 1 atom stereocenters. The molecule has 0 spiro atoms. The highest BCUT2D eigenvalue weighted by molar-refractivity contribution is 5.95. The van der Waals surface area contributed by atoms with Crippen LogP contribution < -0.4 is 10.9 Å². The van der Waals surface area contributed by atoms with E-state index in [1.807, 2.05) is 38.1 Å². The summed E-state index contributed by atoms with van der Waals surface area (Å²) in [4.78, 5) is 32.4. The molecule has 0 aliphatic carbocycles. The van der Waals surface area contributed by atoms with Crippen molar-refractivity contribution < 1.29 is 18.3 Å². The average molecular weight is 499 g/mol. The zero-order valence-electron chi connectivity index (χ0n) is 21.1. The van der Waals surface area contributed by atoms with Gasteiger partial charge in [-0.2, -0.15) is 0 Å². The molecule has 3 aromatic rings. The van der Waals surface area contributed by atoms with Crippen LogP contribution in [0.15, 0.2) is 41.2 Å². The van der Waals surface area contributed by atoms with Gasteiger partial charge in [-0.25, -0.2) is 18.6 Å². The second-order valence-corrected chi connectivity index (χ2v) is 9.45. The summed E-state index contributed by atoms with van der Waals surface area (Å²) in [5.74, 6) is 0.252. The fourth-order valence-corrected chi connectivity index (χ4v) is 5.04. The molecule has 36 heavy (non-hydrogen) atoms. The molecule has 0 amide bonds. The Kier molecular flexibility index (Phi) is 7.68. The van der Waals surface area contributed by atoms with Gasteiger partial charge in [-0.1, -0.05) is 18.2 Å². The van der Waals surface area contributed by atoms with Crippen LogP contribution in [0.25, 0.3) is 10.9 Å². The number of benzene rings is 2. The highest BCUT2D eigenvalue weighted by Crippen LogP contribution is 2.31. The molecule has 1 aliphatic rings. The summed E-state index contributed by atoms with van der Waals surface area (Å²) >= 11 is 0. The molecule has 9 heteroatoms. The van der Waals surface area contributed by atoms with Crippen molar-refractivity contribution >= 4 is 22.6 Å². The number of carbonyl (C=O) groups is 1. The van der Waals surface area contributed by atoms with Crippen molar-refractivity contribution in [2.75, 3.05) is 32.1 Å². The van der Waals surface area contributed by atoms with E-state index in [1.165, 1.54) is 7.11 Å². The summed E-state index contributed by atoms with van der Waals surface area (Å²) in [5, 5.41) is 3.92. The number of rotatable bonds is 7. The molecule has 0 bridgehead atoms. The summed E-state index contributed by atoms with van der Waals surface area (Å²) in [5.41, 5.74) is 3.31. The van der Waals surface area contributed by atoms with E-state index in [4.69, 9.17) is 9.72 Å². The number of aryl methyl sites for hydroxylation is 1. The lowest BCUT2D eigenvalue weighted by Crippen LogP contribution is -2.37. The van der Waals surface area contributed by atoms with E-state index in [2.05, 4.69) is 5.32 Å². The van der Waals surface area contributed by atoms with Crippen molar-refractivity contribution in [2.45, 2.75) is 45.1 Å². The number of nitrogens with zero attached hydrogens (tertiary/aromatic N) is 3. The number of para-hydroxylation sites is 1. The molecule has 1 fully saturated rings. The Morgan fingerprint density at radius 1 is 1.22 bits per heavy atom. The molecule has 0 radical (unpaired) electrons. The van der Waals surface area contributed by atoms with Crippen molar-refractivity contribution in [3.05, 3.63) is 69.3 Å². The van der Waals surface area contributed by atoms with Crippen molar-refractivity contribution in [1.82, 2.24) is 14.5 Å². The molecule has 192 valence electrons. The summed E-state index contributed by atoms with van der Waals surface area (Å²) < 4.78 is 32.1. The Hall–Kier alpha value is -3.33. The molecule has 1 aliphatic heterocycles. The number of fused-ring (bicyclic) bond motifs is 1. The van der Waals surface area contributed by atoms with Gasteiger partial charge >= 0.3 is 5.97 Å². The average Bonchev–Trinajstić information content (AvgIpc) is 2.86. The smallest absolute Gasteiger partial charge is 0.339 e. The maximum Gasteiger partial charge on any atom is 0.339 e. The third kappa shape index (κ3) is 5.26. The van der Waals surface area contributed by atoms with Crippen LogP contribution in [-0.4, -0.2) is 53.6 Å². The van der Waals surface area contributed by atoms with Gasteiger partial charge in [-0.3, -0.25) is 14.3 Å². The van der Waals surface area contributed by atoms with Crippen LogP contribution in [-0.2, 0) is 11.8 Å². The van der Waals surface area contributed by atoms with Crippen molar-refractivity contribution in [3.63, 3.8) is 0 Å². The highest BCUT2D eigenvalue weighted by Gasteiger charge is 2.27. The molecule has 1 unspecified atom stereocenters. The number of nitrogens with one attached hydrogen (secondary N) is 1. The van der Waals surface area contributed by atoms with Gasteiger partial charge in [0.05, 0.1) is 36.2 Å². The molecule has 1 aromatic heterocycles. The van der Waals surface area contributed by atoms with Gasteiger partial charge in [0, 0.05) is 24.2 Å². The quantitative estimate of drug-likeness (QED) is 0.478. The first kappa shape index (κ1) is 25.8. The van der Waals surface area contributed by atoms with E-state index >= 15 is 0 Å². The SMILES string of the molecule is COC(=O)c1ccccc1NC(C)c1cc(C)cc2c(=O)n(C)c(C3CCN(CC(F)F)CC3)nc12. The summed E-state index contributed by atoms with van der Waals surface area (Å²) in [6.45, 7) is 4.77. The molecule has 7 nitrogen and oxygen atoms in total. The van der Waals surface area contributed by atoms with Crippen LogP contribution >= 0.6 is 0 Å². The fraction of sp³-hybridized carbons (Fsp3) is 0.444. The predicted octanol–water partition coefficient (Wildman–Crippen LogP) is 4.65. The molecular weight excluding hydrogens is 466 g/mol. The summed E-state index contributed by atoms with van der Waals surface area (Å²) in [7, 11) is 3.07. The minimum atomic E-state index is -2.35. The van der Waals surface area contributed by atoms with Crippen molar-refractivity contribution in [1.29, 1.82) is 0 Å². The highest BCUT2D eigenvalue weighted by atomic mass is 19.3. The lowest BCUT2D eigenvalue weighted by molar-refractivity contribution is 0.0601. The molecule has 2 heterocycles. The number of halogens is 2. The number of alkyl halides is 2. The van der Waals surface area contributed by atoms with Gasteiger partial charge in [0.25, 0.3) is 12.0 Å². The lowest BCUT2D eigenvalue weighted by Gasteiger charge is -2.32. The van der Waals surface area contributed by atoms with E-state index in [-0.39, 0.29) is 24.1 Å². The number of hydrogen-bond acceptors (Lipinski definition) is 6. The Balaban J connectivity index is 1.71. The maximum atomic E-state index is 13.4. The number of aromatic nitrogens is 2. The number of piperidine rings is 1. The number of carbonyl (C=O) groups excluding carboxylic acids is 1. The molecule has 0 saturated carbocycles. The maximum absolute atomic E-state index is 13.4. The topological polar surface area (TPSA) is 76.5 Å². The Morgan fingerprint density at radius 3 is 2.58 bits per heavy atom. The summed E-state index contributed by atoms with van der Waals surface area (Å²) in [6.07, 6.45) is -1.02. The van der Waals surface area contributed by atoms with Crippen LogP contribution in [0.5, 0.6) is 0 Å². The van der Waals surface area contributed by atoms with E-state index in [9.17, 15) is 18.4 Å². The number of hydrogen-bond donors (Lipinski definition) is 1. The fourth-order valence-electron chi connectivity index (χ4n) is 5.04. The Morgan fingerprint density at radius 2 is 1.92 bits per heavy atom. The Bertz CT molecular complexity index is 1320. The standard InChI is InChI=1S/C27H32F2N4O3/c1-16-13-20(17(2)30-22-8-6-5-7-19(22)27(35)36-4)24-21(14-16)26(34)32(3)25(31-24)18-9-11-33(12-10-18)15-23(28)29/h5-8,13-14,17-18,23,30H,9-12,15H2,1-4H3. The van der Waals surface area contributed by atoms with Crippen LogP contribution in [0.1, 0.15) is 59.0 Å². The third-order valence-electron chi connectivity index (χ3n) is 6.91. The van der Waals surface area contributed by atoms with Gasteiger partial charge in [-0.05, 0) is 63.5 Å². The predicted molar refractivity (Wildman–Crippen MR) is 136 cm³/mol. The number of ether oxygens (including phenoxy) is 1. The van der Waals surface area contributed by atoms with E-state index in [0.29, 0.717) is 53.9 Å². The molecular formula is C27H32F2N4O3. The van der Waals surface area contributed by atoms with E-state index < -0.39 is 12.4 Å². The zero-order chi connectivity index (χ0) is 26.0. The number of methoxy groups -OCH3 is 1. The first-order valence-corrected chi connectivity index (χ1v) is 12.1. The van der Waals surface area contributed by atoms with Gasteiger partial charge in [0.2, 0.25) is 0 Å². The molecule has 1 N–H and O–H groups in total. The summed E-state index contributed by atoms with van der Waals surface area (Å²) in [6, 6.07) is 10.7. The third-order valence-corrected chi connectivity index (χ3v) is 6.91. The molecule has 2 aromatic carbocycles. The second kappa shape index (κ2) is 10.7. The molecule has 4 rings (SSSR count). The normalized spacial score (nSPS) is 15.9. The molecule has 1 saturated heterocycles. The van der Waals surface area contributed by atoms with Crippen molar-refractivity contribution in [3.8, 4) is 0 Å². The monoisotopic (exact) mass is 498 g/mol. The lowest BCUT2D eigenvalue weighted by atomic mass is 9.94. The first-order chi connectivity index (χ1) is 17.2.